The van der Waals surface area contributed by atoms with E-state index in [1.54, 1.807) is 13.5 Å². The van der Waals surface area contributed by atoms with Gasteiger partial charge in [-0.1, -0.05) is 6.92 Å². The van der Waals surface area contributed by atoms with Gasteiger partial charge >= 0.3 is 0 Å². The molecule has 0 aliphatic heterocycles. The number of likely N-dealkylation sites (N-methyl/N-ethyl adjacent to an activating group) is 4. The van der Waals surface area contributed by atoms with Gasteiger partial charge in [-0.2, -0.15) is 6.41 Å². The smallest absolute Gasteiger partial charge is 0.242 e. The van der Waals surface area contributed by atoms with Gasteiger partial charge in [-0.25, -0.2) is 0 Å². The van der Waals surface area contributed by atoms with E-state index in [1.165, 1.54) is 47.8 Å². The molecular weight excluding hydrogens is 679 g/mol. The van der Waals surface area contributed by atoms with Gasteiger partial charge < -0.3 is 40.3 Å². The molecule has 0 heterocycles. The Morgan fingerprint density at radius 2 is 1.27 bits per heavy atom. The van der Waals surface area contributed by atoms with Crippen LogP contribution in [0.1, 0.15) is 6.92 Å². The van der Waals surface area contributed by atoms with Gasteiger partial charge in [0, 0.05) is 41.3 Å². The number of carbonyl (C=O) groups is 5. The number of rotatable bonds is 13. The van der Waals surface area contributed by atoms with Crippen molar-refractivity contribution in [2.24, 2.45) is 5.73 Å². The third-order valence-corrected chi connectivity index (χ3v) is 4.06. The molecule has 0 spiro atoms. The molecule has 0 aromatic heterocycles. The summed E-state index contributed by atoms with van der Waals surface area (Å²) >= 11 is 0. The summed E-state index contributed by atoms with van der Waals surface area (Å²) in [5.74, 6) is -1.60. The Morgan fingerprint density at radius 3 is 1.61 bits per heavy atom. The van der Waals surface area contributed by atoms with Crippen molar-refractivity contribution in [3.05, 3.63) is 0 Å². The zero-order valence-corrected chi connectivity index (χ0v) is 22.5. The van der Waals surface area contributed by atoms with Crippen LogP contribution in [0.4, 0.5) is 0 Å². The minimum atomic E-state index is -0.441. The third-order valence-electron chi connectivity index (χ3n) is 4.06. The molecule has 0 rings (SSSR count). The summed E-state index contributed by atoms with van der Waals surface area (Å²) < 4.78 is 0. The summed E-state index contributed by atoms with van der Waals surface area (Å²) in [6.07, 6.45) is 2.21. The number of hydrogen-bond acceptors (Lipinski definition) is 7. The van der Waals surface area contributed by atoms with Crippen LogP contribution in [0, 0.1) is 0 Å². The molecular formula is C19H36FmN7O6-. The average molecular weight is 716 g/mol. The van der Waals surface area contributed by atoms with Gasteiger partial charge in [-0.15, -0.1) is 0 Å². The first-order valence-electron chi connectivity index (χ1n) is 9.86. The fourth-order valence-corrected chi connectivity index (χ4v) is 1.83. The van der Waals surface area contributed by atoms with Crippen molar-refractivity contribution >= 4 is 36.4 Å². The van der Waals surface area contributed by atoms with Crippen LogP contribution in [0.25, 0.3) is 0 Å². The number of nitrogens with two attached hydrogens (primary N) is 1. The Hall–Kier alpha value is -4.22. The van der Waals surface area contributed by atoms with Crippen LogP contribution >= 0.6 is 0 Å². The quantitative estimate of drug-likeness (QED) is 0.114. The Morgan fingerprint density at radius 1 is 0.848 bits per heavy atom. The van der Waals surface area contributed by atoms with Crippen molar-refractivity contribution in [3.8, 4) is 0 Å². The predicted molar refractivity (Wildman–Crippen MR) is 118 cm³/mol. The van der Waals surface area contributed by atoms with Crippen LogP contribution in [0.2, 0.25) is 0 Å². The van der Waals surface area contributed by atoms with Gasteiger partial charge in [0.1, 0.15) is 0 Å². The van der Waals surface area contributed by atoms with Crippen molar-refractivity contribution in [3.63, 3.8) is 0 Å². The summed E-state index contributed by atoms with van der Waals surface area (Å²) in [6, 6.07) is 0. The number of carbonyl (C=O) groups excluding carboxylic acids is 6. The SMILES string of the molecule is CCN(C)[C-]=O.CN(C=O)CC(=O)N(C)CC(=O)N(C)CC(=O)N(C)CC(=O)NCCN.[Fm]. The van der Waals surface area contributed by atoms with Crippen molar-refractivity contribution < 1.29 is 28.8 Å². The summed E-state index contributed by atoms with van der Waals surface area (Å²) in [5, 5.41) is 2.54. The minimum Gasteiger partial charge on any atom is -0.520 e. The summed E-state index contributed by atoms with van der Waals surface area (Å²) in [5.41, 5.74) is 5.27. The summed E-state index contributed by atoms with van der Waals surface area (Å²) in [7, 11) is 7.45. The molecule has 3 N–H and O–H groups in total. The predicted octanol–water partition coefficient (Wildman–Crippen LogP) is -3.47. The molecule has 0 aliphatic rings. The first kappa shape index (κ1) is 33.4. The van der Waals surface area contributed by atoms with Gasteiger partial charge in [-0.05, 0) is 13.6 Å². The Bertz CT molecular complexity index is 638. The van der Waals surface area contributed by atoms with E-state index < -0.39 is 17.7 Å². The molecule has 196 valence electrons. The molecule has 0 saturated heterocycles. The Labute approximate surface area is 189 Å². The molecule has 0 unspecified atom stereocenters. The van der Waals surface area contributed by atoms with Crippen molar-refractivity contribution in [2.45, 2.75) is 6.92 Å². The first-order chi connectivity index (χ1) is 14.9. The Balaban J connectivity index is -0.00000113. The number of nitrogens with zero attached hydrogens (tertiary/aromatic N) is 5. The average Bonchev–Trinajstić information content (AvgIpc) is 2.76. The molecule has 0 saturated carbocycles. The van der Waals surface area contributed by atoms with Gasteiger partial charge in [0.15, 0.2) is 0 Å². The van der Waals surface area contributed by atoms with E-state index in [2.05, 4.69) is 5.32 Å². The van der Waals surface area contributed by atoms with Crippen molar-refractivity contribution in [1.82, 2.24) is 29.8 Å². The second kappa shape index (κ2) is 18.5. The molecule has 0 atom stereocenters. The van der Waals surface area contributed by atoms with E-state index in [4.69, 9.17) is 5.73 Å². The van der Waals surface area contributed by atoms with Crippen LogP contribution in [0.5, 0.6) is 0 Å². The maximum Gasteiger partial charge on any atom is 0.242 e. The van der Waals surface area contributed by atoms with Crippen LogP contribution in [-0.2, 0) is 28.8 Å². The standard InChI is InChI=1S/C15H28N6O5.C4H8NO.Fm/c1-18(11-22)8-13(24)20(3)10-15(26)21(4)9-14(25)19(2)7-12(23)17-6-5-16;1-3-5(2)4-6;/h11H,5-10,16H2,1-4H3,(H,17,23);3H2,1-2H3;/q;-1;. The van der Waals surface area contributed by atoms with E-state index >= 15 is 0 Å². The maximum atomic E-state index is 12.1. The summed E-state index contributed by atoms with van der Waals surface area (Å²) in [6.45, 7) is 2.52. The monoisotopic (exact) mass is 715 g/mol. The molecule has 6 amide bonds. The van der Waals surface area contributed by atoms with Crippen molar-refractivity contribution in [2.75, 3.05) is 81.1 Å². The molecule has 33 heavy (non-hydrogen) atoms. The number of hydrogen-bond donors (Lipinski definition) is 2. The van der Waals surface area contributed by atoms with Crippen LogP contribution in [-0.4, -0.2) is 142 Å². The van der Waals surface area contributed by atoms with Gasteiger partial charge in [-0.3, -0.25) is 24.0 Å². The topological polar surface area (TPSA) is 157 Å². The van der Waals surface area contributed by atoms with Gasteiger partial charge in [0.25, 0.3) is 0 Å². The molecule has 13 nitrogen and oxygen atoms in total. The molecule has 0 aromatic carbocycles. The molecule has 0 fully saturated rings. The van der Waals surface area contributed by atoms with Crippen LogP contribution < -0.4 is 11.1 Å². The Kier molecular flexibility index (Phi) is 18.8. The third kappa shape index (κ3) is 16.2. The van der Waals surface area contributed by atoms with E-state index in [-0.39, 0.29) is 32.1 Å². The molecule has 0 aromatic rings. The van der Waals surface area contributed by atoms with Crippen LogP contribution in [0.3, 0.4) is 0 Å². The fourth-order valence-electron chi connectivity index (χ4n) is 1.83. The minimum absolute atomic E-state index is 0. The first-order valence-corrected chi connectivity index (χ1v) is 9.86. The molecule has 0 radical (unpaired) electrons. The zero-order valence-electron chi connectivity index (χ0n) is 20.1. The second-order valence-electron chi connectivity index (χ2n) is 7.01. The van der Waals surface area contributed by atoms with Gasteiger partial charge in [0.05, 0.1) is 26.2 Å². The second-order valence-corrected chi connectivity index (χ2v) is 7.01. The fraction of sp³-hybridized carbons (Fsp3) is 0.684. The summed E-state index contributed by atoms with van der Waals surface area (Å²) in [4.78, 5) is 73.8. The maximum absolute atomic E-state index is 12.1. The van der Waals surface area contributed by atoms with E-state index in [0.717, 1.165) is 11.4 Å². The van der Waals surface area contributed by atoms with Crippen LogP contribution in [0.15, 0.2) is 0 Å². The largest absolute Gasteiger partial charge is 0.520 e. The van der Waals surface area contributed by atoms with Gasteiger partial charge in [0.2, 0.25) is 30.0 Å². The number of nitrogens with one attached hydrogen (secondary N) is 1. The zero-order chi connectivity index (χ0) is 25.3. The van der Waals surface area contributed by atoms with E-state index in [1.807, 2.05) is 6.92 Å². The van der Waals surface area contributed by atoms with Crippen molar-refractivity contribution in [1.29, 1.82) is 0 Å². The van der Waals surface area contributed by atoms with E-state index in [9.17, 15) is 28.8 Å². The molecule has 0 bridgehead atoms. The molecule has 0 aliphatic carbocycles. The molecule has 14 heteroatoms. The normalized spacial score (nSPS) is 9.18. The van der Waals surface area contributed by atoms with E-state index in [0.29, 0.717) is 19.5 Å². The number of amides is 6.